The van der Waals surface area contributed by atoms with Crippen LogP contribution in [0.1, 0.15) is 13.3 Å². The fourth-order valence-corrected chi connectivity index (χ4v) is 0.603. The molecule has 0 bridgehead atoms. The van der Waals surface area contributed by atoms with Crippen LogP contribution in [0.3, 0.4) is 0 Å². The third-order valence-corrected chi connectivity index (χ3v) is 1.21. The molecule has 0 heterocycles. The summed E-state index contributed by atoms with van der Waals surface area (Å²) < 4.78 is 0. The second-order valence-electron chi connectivity index (χ2n) is 2.04. The van der Waals surface area contributed by atoms with Gasteiger partial charge in [0.15, 0.2) is 0 Å². The summed E-state index contributed by atoms with van der Waals surface area (Å²) in [6, 6.07) is 0. The maximum atomic E-state index is 10.7. The molecule has 0 aromatic rings. The number of rotatable bonds is 3. The third-order valence-electron chi connectivity index (χ3n) is 1.21. The molecule has 1 atom stereocenters. The van der Waals surface area contributed by atoms with Crippen molar-refractivity contribution in [1.29, 1.82) is 0 Å². The highest BCUT2D eigenvalue weighted by Gasteiger charge is 2.06. The van der Waals surface area contributed by atoms with Crippen LogP contribution >= 0.6 is 0 Å². The van der Waals surface area contributed by atoms with E-state index in [0.717, 1.165) is 6.42 Å². The lowest BCUT2D eigenvalue weighted by molar-refractivity contribution is -0.123. The molecular weight excluding hydrogens is 142 g/mol. The average Bonchev–Trinajstić information content (AvgIpc) is 1.87. The van der Waals surface area contributed by atoms with E-state index in [-0.39, 0.29) is 22.8 Å². The van der Waals surface area contributed by atoms with Crippen LogP contribution in [0, 0.1) is 5.92 Å². The molecule has 0 aliphatic rings. The zero-order valence-corrected chi connectivity index (χ0v) is 5.98. The Bertz CT molecular complexity index is 114. The summed E-state index contributed by atoms with van der Waals surface area (Å²) in [5.41, 5.74) is 0. The van der Waals surface area contributed by atoms with E-state index >= 15 is 0 Å². The first-order valence-electron chi connectivity index (χ1n) is 3.04. The number of carbonyl (C=O) groups is 1. The van der Waals surface area contributed by atoms with E-state index < -0.39 is 0 Å². The molecule has 0 radical (unpaired) electrons. The third kappa shape index (κ3) is 4.32. The second kappa shape index (κ2) is 6.55. The van der Waals surface area contributed by atoms with E-state index in [2.05, 4.69) is 11.9 Å². The van der Waals surface area contributed by atoms with Crippen molar-refractivity contribution in [2.24, 2.45) is 5.92 Å². The topological polar surface area (TPSA) is 29.1 Å². The predicted molar refractivity (Wildman–Crippen MR) is 49.4 cm³/mol. The zero-order chi connectivity index (χ0) is 7.28. The summed E-state index contributed by atoms with van der Waals surface area (Å²) in [6.45, 7) is 5.41. The van der Waals surface area contributed by atoms with E-state index in [1.165, 1.54) is 0 Å². The molecule has 0 aliphatic heterocycles. The van der Waals surface area contributed by atoms with Crippen LogP contribution in [-0.4, -0.2) is 23.9 Å². The lowest BCUT2D eigenvalue weighted by Crippen LogP contribution is -2.24. The first-order chi connectivity index (χ1) is 4.22. The summed E-state index contributed by atoms with van der Waals surface area (Å²) in [7, 11) is 1.64. The summed E-state index contributed by atoms with van der Waals surface area (Å²) >= 11 is 0. The van der Waals surface area contributed by atoms with E-state index in [1.807, 2.05) is 6.92 Å². The van der Waals surface area contributed by atoms with Crippen molar-refractivity contribution in [1.82, 2.24) is 5.32 Å². The Balaban J connectivity index is 0. The number of hydrogen-bond acceptors (Lipinski definition) is 1. The predicted octanol–water partition coefficient (Wildman–Crippen LogP) is -0.507. The number of allylic oxidation sites excluding steroid dienone is 1. The normalized spacial score (nSPS) is 11.0. The minimum atomic E-state index is 0. The van der Waals surface area contributed by atoms with Gasteiger partial charge in [0.05, 0.1) is 0 Å². The zero-order valence-electron chi connectivity index (χ0n) is 5.98. The number of nitrogens with one attached hydrogen (secondary N) is 1. The van der Waals surface area contributed by atoms with Crippen molar-refractivity contribution in [3.8, 4) is 0 Å². The molecule has 60 valence electrons. The Hall–Kier alpha value is -0.573. The van der Waals surface area contributed by atoms with Gasteiger partial charge >= 0.3 is 0 Å². The standard InChI is InChI=1S/C7H13NO.H4Si/c1-4-5-6(2)7(9)8-3;/h4,6H,1,5H2,2-3H3,(H,8,9);1H4. The van der Waals surface area contributed by atoms with Crippen molar-refractivity contribution in [2.75, 3.05) is 7.05 Å². The molecule has 1 amide bonds. The molecule has 0 spiro atoms. The largest absolute Gasteiger partial charge is 0.359 e. The molecule has 0 aliphatic carbocycles. The van der Waals surface area contributed by atoms with Gasteiger partial charge in [0.2, 0.25) is 5.91 Å². The van der Waals surface area contributed by atoms with Gasteiger partial charge in [-0.05, 0) is 17.4 Å². The summed E-state index contributed by atoms with van der Waals surface area (Å²) in [4.78, 5) is 10.7. The Labute approximate surface area is 66.7 Å². The quantitative estimate of drug-likeness (QED) is 0.436. The van der Waals surface area contributed by atoms with Gasteiger partial charge in [0, 0.05) is 13.0 Å². The summed E-state index contributed by atoms with van der Waals surface area (Å²) in [5.74, 6) is 0.141. The summed E-state index contributed by atoms with van der Waals surface area (Å²) in [5, 5.41) is 2.56. The summed E-state index contributed by atoms with van der Waals surface area (Å²) in [6.07, 6.45) is 2.50. The average molecular weight is 159 g/mol. The van der Waals surface area contributed by atoms with Crippen molar-refractivity contribution in [2.45, 2.75) is 13.3 Å². The lowest BCUT2D eigenvalue weighted by atomic mass is 10.1. The smallest absolute Gasteiger partial charge is 0.222 e. The molecule has 0 aromatic carbocycles. The van der Waals surface area contributed by atoms with E-state index in [0.29, 0.717) is 0 Å². The van der Waals surface area contributed by atoms with Gasteiger partial charge in [-0.3, -0.25) is 4.79 Å². The van der Waals surface area contributed by atoms with Gasteiger partial charge in [-0.2, -0.15) is 0 Å². The molecule has 1 N–H and O–H groups in total. The lowest BCUT2D eigenvalue weighted by Gasteiger charge is -2.04. The van der Waals surface area contributed by atoms with Crippen molar-refractivity contribution < 1.29 is 4.79 Å². The van der Waals surface area contributed by atoms with Gasteiger partial charge in [-0.1, -0.05) is 13.0 Å². The van der Waals surface area contributed by atoms with Crippen molar-refractivity contribution in [3.05, 3.63) is 12.7 Å². The SMILES string of the molecule is C=CCC(C)C(=O)NC.[SiH4]. The van der Waals surface area contributed by atoms with Gasteiger partial charge < -0.3 is 5.32 Å². The number of amides is 1. The molecule has 0 fully saturated rings. The van der Waals surface area contributed by atoms with Crippen LogP contribution in [0.5, 0.6) is 0 Å². The highest BCUT2D eigenvalue weighted by Crippen LogP contribution is 2.00. The van der Waals surface area contributed by atoms with Crippen molar-refractivity contribution in [3.63, 3.8) is 0 Å². The molecule has 0 saturated carbocycles. The Morgan fingerprint density at radius 1 is 1.80 bits per heavy atom. The van der Waals surface area contributed by atoms with Crippen LogP contribution in [0.25, 0.3) is 0 Å². The maximum Gasteiger partial charge on any atom is 0.222 e. The van der Waals surface area contributed by atoms with E-state index in [9.17, 15) is 4.79 Å². The maximum absolute atomic E-state index is 10.7. The molecule has 0 saturated heterocycles. The van der Waals surface area contributed by atoms with Gasteiger partial charge in [0.25, 0.3) is 0 Å². The molecule has 3 heteroatoms. The first kappa shape index (κ1) is 12.1. The molecule has 0 rings (SSSR count). The van der Waals surface area contributed by atoms with Crippen LogP contribution in [0.15, 0.2) is 12.7 Å². The Morgan fingerprint density at radius 3 is 2.60 bits per heavy atom. The first-order valence-corrected chi connectivity index (χ1v) is 3.04. The second-order valence-corrected chi connectivity index (χ2v) is 2.04. The van der Waals surface area contributed by atoms with Gasteiger partial charge in [-0.25, -0.2) is 0 Å². The van der Waals surface area contributed by atoms with E-state index in [4.69, 9.17) is 0 Å². The molecular formula is C7H17NOSi. The highest BCUT2D eigenvalue weighted by molar-refractivity contribution is 5.77. The Morgan fingerprint density at radius 2 is 2.30 bits per heavy atom. The number of hydrogen-bond donors (Lipinski definition) is 1. The van der Waals surface area contributed by atoms with Crippen LogP contribution in [0.4, 0.5) is 0 Å². The van der Waals surface area contributed by atoms with Crippen LogP contribution in [0.2, 0.25) is 0 Å². The number of carbonyl (C=O) groups excluding carboxylic acids is 1. The van der Waals surface area contributed by atoms with Crippen LogP contribution in [-0.2, 0) is 4.79 Å². The monoisotopic (exact) mass is 159 g/mol. The van der Waals surface area contributed by atoms with E-state index in [1.54, 1.807) is 13.1 Å². The minimum absolute atomic E-state index is 0. The molecule has 1 unspecified atom stereocenters. The fraction of sp³-hybridized carbons (Fsp3) is 0.571. The van der Waals surface area contributed by atoms with Gasteiger partial charge in [-0.15, -0.1) is 6.58 Å². The highest BCUT2D eigenvalue weighted by atomic mass is 28.1. The minimum Gasteiger partial charge on any atom is -0.359 e. The van der Waals surface area contributed by atoms with Crippen LogP contribution < -0.4 is 5.32 Å². The Kier molecular flexibility index (Phi) is 7.94. The molecule has 0 aromatic heterocycles. The van der Waals surface area contributed by atoms with Gasteiger partial charge in [0.1, 0.15) is 0 Å². The molecule has 2 nitrogen and oxygen atoms in total. The van der Waals surface area contributed by atoms with Crippen molar-refractivity contribution >= 4 is 16.9 Å². The molecule has 10 heavy (non-hydrogen) atoms. The fourth-order valence-electron chi connectivity index (χ4n) is 0.603.